The van der Waals surface area contributed by atoms with E-state index in [1.807, 2.05) is 6.92 Å². The van der Waals surface area contributed by atoms with Gasteiger partial charge in [0, 0.05) is 26.2 Å². The standard InChI is InChI=1S/C12H18ClN5OS/c1-7-9(13)10(17-18(7)2)11(19)14-5-6-15-12(20)16-8-3-4-8/h8H,3-6H2,1-2H3,(H,14,19)(H2,15,16,20). The second-order valence-electron chi connectivity index (χ2n) is 4.80. The molecule has 1 aliphatic rings. The highest BCUT2D eigenvalue weighted by Gasteiger charge is 2.21. The smallest absolute Gasteiger partial charge is 0.273 e. The van der Waals surface area contributed by atoms with Crippen LogP contribution in [0.1, 0.15) is 29.0 Å². The normalized spacial score (nSPS) is 13.9. The third-order valence-corrected chi connectivity index (χ3v) is 3.80. The van der Waals surface area contributed by atoms with Crippen molar-refractivity contribution in [2.45, 2.75) is 25.8 Å². The molecule has 1 aromatic heterocycles. The Labute approximate surface area is 128 Å². The molecule has 1 amide bonds. The molecule has 0 unspecified atom stereocenters. The van der Waals surface area contributed by atoms with Crippen molar-refractivity contribution in [1.29, 1.82) is 0 Å². The lowest BCUT2D eigenvalue weighted by Crippen LogP contribution is -2.41. The number of rotatable bonds is 5. The number of nitrogens with one attached hydrogen (secondary N) is 3. The quantitative estimate of drug-likeness (QED) is 0.552. The van der Waals surface area contributed by atoms with E-state index in [1.165, 1.54) is 12.8 Å². The van der Waals surface area contributed by atoms with Gasteiger partial charge in [0.1, 0.15) is 0 Å². The van der Waals surface area contributed by atoms with E-state index in [4.69, 9.17) is 23.8 Å². The first kappa shape index (κ1) is 15.1. The number of aromatic nitrogens is 2. The fourth-order valence-corrected chi connectivity index (χ4v) is 2.14. The Morgan fingerprint density at radius 2 is 2.10 bits per heavy atom. The van der Waals surface area contributed by atoms with Gasteiger partial charge in [0.25, 0.3) is 5.91 Å². The molecule has 0 bridgehead atoms. The van der Waals surface area contributed by atoms with Crippen molar-refractivity contribution < 1.29 is 4.79 Å². The minimum Gasteiger partial charge on any atom is -0.361 e. The molecule has 8 heteroatoms. The highest BCUT2D eigenvalue weighted by molar-refractivity contribution is 7.80. The van der Waals surface area contributed by atoms with Gasteiger partial charge in [0.15, 0.2) is 10.8 Å². The number of halogens is 1. The second kappa shape index (κ2) is 6.41. The van der Waals surface area contributed by atoms with Crippen LogP contribution in [-0.4, -0.2) is 39.9 Å². The average Bonchev–Trinajstić information content (AvgIpc) is 3.18. The van der Waals surface area contributed by atoms with E-state index in [2.05, 4.69) is 21.0 Å². The van der Waals surface area contributed by atoms with E-state index in [9.17, 15) is 4.79 Å². The first-order chi connectivity index (χ1) is 9.49. The average molecular weight is 316 g/mol. The summed E-state index contributed by atoms with van der Waals surface area (Å²) in [5.74, 6) is -0.276. The largest absolute Gasteiger partial charge is 0.361 e. The maximum absolute atomic E-state index is 11.9. The van der Waals surface area contributed by atoms with Crippen LogP contribution in [0.4, 0.5) is 0 Å². The molecule has 0 atom stereocenters. The summed E-state index contributed by atoms with van der Waals surface area (Å²) in [7, 11) is 1.75. The van der Waals surface area contributed by atoms with Gasteiger partial charge in [-0.1, -0.05) is 11.6 Å². The van der Waals surface area contributed by atoms with Gasteiger partial charge >= 0.3 is 0 Å². The molecule has 0 radical (unpaired) electrons. The summed E-state index contributed by atoms with van der Waals surface area (Å²) in [5, 5.41) is 14.1. The Morgan fingerprint density at radius 3 is 2.65 bits per heavy atom. The molecule has 1 aromatic rings. The van der Waals surface area contributed by atoms with Gasteiger partial charge in [0.05, 0.1) is 10.7 Å². The topological polar surface area (TPSA) is 71.0 Å². The van der Waals surface area contributed by atoms with E-state index < -0.39 is 0 Å². The van der Waals surface area contributed by atoms with E-state index in [0.29, 0.717) is 29.3 Å². The highest BCUT2D eigenvalue weighted by atomic mass is 35.5. The lowest BCUT2D eigenvalue weighted by Gasteiger charge is -2.09. The van der Waals surface area contributed by atoms with Crippen molar-refractivity contribution in [3.8, 4) is 0 Å². The van der Waals surface area contributed by atoms with Gasteiger partial charge in [-0.2, -0.15) is 5.10 Å². The fraction of sp³-hybridized carbons (Fsp3) is 0.583. The van der Waals surface area contributed by atoms with Gasteiger partial charge in [-0.25, -0.2) is 0 Å². The molecule has 110 valence electrons. The summed E-state index contributed by atoms with van der Waals surface area (Å²) in [6.07, 6.45) is 2.35. The van der Waals surface area contributed by atoms with Gasteiger partial charge in [-0.05, 0) is 32.0 Å². The lowest BCUT2D eigenvalue weighted by molar-refractivity contribution is 0.0949. The number of hydrogen-bond donors (Lipinski definition) is 3. The summed E-state index contributed by atoms with van der Waals surface area (Å²) in [4.78, 5) is 11.9. The summed E-state index contributed by atoms with van der Waals surface area (Å²) < 4.78 is 1.59. The van der Waals surface area contributed by atoms with Crippen LogP contribution in [-0.2, 0) is 7.05 Å². The van der Waals surface area contributed by atoms with Gasteiger partial charge in [-0.15, -0.1) is 0 Å². The van der Waals surface area contributed by atoms with Gasteiger partial charge in [-0.3, -0.25) is 9.48 Å². The number of thiocarbonyl (C=S) groups is 1. The first-order valence-electron chi connectivity index (χ1n) is 6.50. The van der Waals surface area contributed by atoms with Crippen molar-refractivity contribution in [2.24, 2.45) is 7.05 Å². The highest BCUT2D eigenvalue weighted by Crippen LogP contribution is 2.19. The minimum absolute atomic E-state index is 0.255. The summed E-state index contributed by atoms with van der Waals surface area (Å²) in [6, 6.07) is 0.528. The molecule has 2 rings (SSSR count). The van der Waals surface area contributed by atoms with Crippen LogP contribution in [0, 0.1) is 6.92 Å². The van der Waals surface area contributed by atoms with E-state index in [1.54, 1.807) is 11.7 Å². The molecule has 0 spiro atoms. The molecule has 0 saturated heterocycles. The number of nitrogens with zero attached hydrogens (tertiary/aromatic N) is 2. The van der Waals surface area contributed by atoms with Crippen LogP contribution in [0.2, 0.25) is 5.02 Å². The maximum Gasteiger partial charge on any atom is 0.273 e. The molecule has 1 fully saturated rings. The van der Waals surface area contributed by atoms with Crippen LogP contribution in [0.15, 0.2) is 0 Å². The second-order valence-corrected chi connectivity index (χ2v) is 5.59. The van der Waals surface area contributed by atoms with Crippen LogP contribution < -0.4 is 16.0 Å². The number of aryl methyl sites for hydroxylation is 1. The fourth-order valence-electron chi connectivity index (χ4n) is 1.63. The van der Waals surface area contributed by atoms with Crippen LogP contribution in [0.25, 0.3) is 0 Å². The van der Waals surface area contributed by atoms with Gasteiger partial charge < -0.3 is 16.0 Å². The van der Waals surface area contributed by atoms with Gasteiger partial charge in [0.2, 0.25) is 0 Å². The first-order valence-corrected chi connectivity index (χ1v) is 7.29. The number of carbonyl (C=O) groups excluding carboxylic acids is 1. The SMILES string of the molecule is Cc1c(Cl)c(C(=O)NCCNC(=S)NC2CC2)nn1C. The molecule has 3 N–H and O–H groups in total. The number of carbonyl (C=O) groups is 1. The summed E-state index contributed by atoms with van der Waals surface area (Å²) in [6.45, 7) is 2.83. The molecule has 0 aromatic carbocycles. The Bertz CT molecular complexity index is 526. The zero-order valence-electron chi connectivity index (χ0n) is 11.5. The Kier molecular flexibility index (Phi) is 4.82. The maximum atomic E-state index is 11.9. The third-order valence-electron chi connectivity index (χ3n) is 3.08. The van der Waals surface area contributed by atoms with Crippen molar-refractivity contribution in [3.05, 3.63) is 16.4 Å². The van der Waals surface area contributed by atoms with Crippen molar-refractivity contribution in [3.63, 3.8) is 0 Å². The molecule has 1 heterocycles. The summed E-state index contributed by atoms with van der Waals surface area (Å²) >= 11 is 11.2. The minimum atomic E-state index is -0.276. The zero-order chi connectivity index (χ0) is 14.7. The van der Waals surface area contributed by atoms with Crippen LogP contribution in [0.3, 0.4) is 0 Å². The van der Waals surface area contributed by atoms with E-state index in [-0.39, 0.29) is 11.6 Å². The Hall–Kier alpha value is -1.34. The molecular formula is C12H18ClN5OS. The molecule has 6 nitrogen and oxygen atoms in total. The van der Waals surface area contributed by atoms with E-state index in [0.717, 1.165) is 5.69 Å². The van der Waals surface area contributed by atoms with E-state index >= 15 is 0 Å². The van der Waals surface area contributed by atoms with Crippen molar-refractivity contribution in [1.82, 2.24) is 25.7 Å². The van der Waals surface area contributed by atoms with Crippen molar-refractivity contribution in [2.75, 3.05) is 13.1 Å². The number of amides is 1. The molecule has 1 aliphatic carbocycles. The molecule has 0 aliphatic heterocycles. The number of hydrogen-bond acceptors (Lipinski definition) is 3. The predicted molar refractivity (Wildman–Crippen MR) is 82.0 cm³/mol. The Balaban J connectivity index is 1.71. The third kappa shape index (κ3) is 3.83. The van der Waals surface area contributed by atoms with Crippen molar-refractivity contribution >= 4 is 34.8 Å². The van der Waals surface area contributed by atoms with Crippen LogP contribution in [0.5, 0.6) is 0 Å². The zero-order valence-corrected chi connectivity index (χ0v) is 13.1. The predicted octanol–water partition coefficient (Wildman–Crippen LogP) is 0.738. The Morgan fingerprint density at radius 1 is 1.45 bits per heavy atom. The summed E-state index contributed by atoms with van der Waals surface area (Å²) in [5.41, 5.74) is 1.02. The molecule has 1 saturated carbocycles. The monoisotopic (exact) mass is 315 g/mol. The lowest BCUT2D eigenvalue weighted by atomic mass is 10.3. The van der Waals surface area contributed by atoms with Crippen LogP contribution >= 0.6 is 23.8 Å². The molecular weight excluding hydrogens is 298 g/mol. The molecule has 20 heavy (non-hydrogen) atoms.